The number of benzene rings is 1. The van der Waals surface area contributed by atoms with Gasteiger partial charge < -0.3 is 14.2 Å². The van der Waals surface area contributed by atoms with Gasteiger partial charge in [-0.25, -0.2) is 0 Å². The zero-order valence-corrected chi connectivity index (χ0v) is 13.2. The van der Waals surface area contributed by atoms with Crippen molar-refractivity contribution in [1.29, 1.82) is 0 Å². The molecule has 1 amide bonds. The lowest BCUT2D eigenvalue weighted by Crippen LogP contribution is -2.42. The van der Waals surface area contributed by atoms with Gasteiger partial charge >= 0.3 is 0 Å². The smallest absolute Gasteiger partial charge is 0.254 e. The van der Waals surface area contributed by atoms with Crippen LogP contribution in [0, 0.1) is 6.92 Å². The van der Waals surface area contributed by atoms with Crippen molar-refractivity contribution in [1.82, 2.24) is 19.7 Å². The molecule has 7 heteroatoms. The maximum Gasteiger partial charge on any atom is 0.254 e. The van der Waals surface area contributed by atoms with E-state index in [-0.39, 0.29) is 12.0 Å². The summed E-state index contributed by atoms with van der Waals surface area (Å²) in [6.45, 7) is 3.40. The monoisotopic (exact) mass is 320 g/mol. The number of morpholine rings is 1. The molecule has 0 spiro atoms. The van der Waals surface area contributed by atoms with Crippen LogP contribution >= 0.6 is 11.6 Å². The summed E-state index contributed by atoms with van der Waals surface area (Å²) >= 11 is 6.02. The average molecular weight is 321 g/mol. The van der Waals surface area contributed by atoms with E-state index < -0.39 is 0 Å². The van der Waals surface area contributed by atoms with Crippen molar-refractivity contribution >= 4 is 17.5 Å². The highest BCUT2D eigenvalue weighted by Crippen LogP contribution is 2.22. The van der Waals surface area contributed by atoms with E-state index in [1.165, 1.54) is 0 Å². The number of aryl methyl sites for hydroxylation is 2. The highest BCUT2D eigenvalue weighted by molar-refractivity contribution is 6.31. The average Bonchev–Trinajstić information content (AvgIpc) is 2.95. The molecule has 1 aromatic heterocycles. The first-order valence-electron chi connectivity index (χ1n) is 7.07. The second-order valence-corrected chi connectivity index (χ2v) is 5.78. The van der Waals surface area contributed by atoms with E-state index in [2.05, 4.69) is 10.2 Å². The van der Waals surface area contributed by atoms with Gasteiger partial charge in [0.2, 0.25) is 0 Å². The summed E-state index contributed by atoms with van der Waals surface area (Å²) in [5, 5.41) is 8.59. The van der Waals surface area contributed by atoms with Gasteiger partial charge in [-0.3, -0.25) is 4.79 Å². The Morgan fingerprint density at radius 3 is 2.95 bits per heavy atom. The minimum atomic E-state index is -0.251. The number of hydrogen-bond acceptors (Lipinski definition) is 4. The Hall–Kier alpha value is -1.92. The zero-order chi connectivity index (χ0) is 15.7. The summed E-state index contributed by atoms with van der Waals surface area (Å²) in [5.41, 5.74) is 1.53. The topological polar surface area (TPSA) is 60.3 Å². The predicted molar refractivity (Wildman–Crippen MR) is 81.8 cm³/mol. The first-order valence-corrected chi connectivity index (χ1v) is 7.45. The fraction of sp³-hybridized carbons (Fsp3) is 0.400. The van der Waals surface area contributed by atoms with Crippen LogP contribution in [0.15, 0.2) is 24.5 Å². The zero-order valence-electron chi connectivity index (χ0n) is 12.5. The standard InChI is InChI=1S/C15H17ClN4O2/c1-10-7-11(3-4-12(10)16)15(21)20-5-6-22-13(8-20)14-18-17-9-19(14)2/h3-4,7,9,13H,5-6,8H2,1-2H3/t13-/m0/s1. The van der Waals surface area contributed by atoms with Crippen molar-refractivity contribution in [3.05, 3.63) is 46.5 Å². The molecule has 1 saturated heterocycles. The Morgan fingerprint density at radius 1 is 1.45 bits per heavy atom. The van der Waals surface area contributed by atoms with Crippen LogP contribution in [-0.2, 0) is 11.8 Å². The van der Waals surface area contributed by atoms with Crippen molar-refractivity contribution in [2.45, 2.75) is 13.0 Å². The molecule has 6 nitrogen and oxygen atoms in total. The lowest BCUT2D eigenvalue weighted by molar-refractivity contribution is -0.0281. The molecule has 1 atom stereocenters. The Kier molecular flexibility index (Phi) is 4.13. The van der Waals surface area contributed by atoms with Crippen molar-refractivity contribution < 1.29 is 9.53 Å². The first kappa shape index (κ1) is 15.0. The molecule has 22 heavy (non-hydrogen) atoms. The number of carbonyl (C=O) groups is 1. The second kappa shape index (κ2) is 6.06. The Bertz CT molecular complexity index is 701. The van der Waals surface area contributed by atoms with E-state index in [0.29, 0.717) is 30.3 Å². The molecule has 0 bridgehead atoms. The van der Waals surface area contributed by atoms with Gasteiger partial charge in [0.15, 0.2) is 5.82 Å². The molecule has 0 aliphatic carbocycles. The lowest BCUT2D eigenvalue weighted by Gasteiger charge is -2.32. The van der Waals surface area contributed by atoms with E-state index >= 15 is 0 Å². The summed E-state index contributed by atoms with van der Waals surface area (Å²) in [6, 6.07) is 5.33. The van der Waals surface area contributed by atoms with Crippen molar-refractivity contribution in [3.8, 4) is 0 Å². The van der Waals surface area contributed by atoms with Crippen LogP contribution in [0.4, 0.5) is 0 Å². The van der Waals surface area contributed by atoms with Crippen LogP contribution < -0.4 is 0 Å². The van der Waals surface area contributed by atoms with Crippen molar-refractivity contribution in [2.75, 3.05) is 19.7 Å². The van der Waals surface area contributed by atoms with Crippen LogP contribution in [0.25, 0.3) is 0 Å². The number of amides is 1. The number of rotatable bonds is 2. The molecule has 2 aromatic rings. The Labute approximate surface area is 133 Å². The molecule has 1 aliphatic heterocycles. The van der Waals surface area contributed by atoms with Gasteiger partial charge in [-0.2, -0.15) is 0 Å². The normalized spacial score (nSPS) is 18.5. The molecule has 1 aromatic carbocycles. The third-order valence-electron chi connectivity index (χ3n) is 3.79. The molecule has 0 N–H and O–H groups in total. The van der Waals surface area contributed by atoms with Gasteiger partial charge in [0.05, 0.1) is 13.2 Å². The number of hydrogen-bond donors (Lipinski definition) is 0. The number of ether oxygens (including phenoxy) is 1. The number of halogens is 1. The highest BCUT2D eigenvalue weighted by Gasteiger charge is 2.28. The minimum absolute atomic E-state index is 0.0183. The predicted octanol–water partition coefficient (Wildman–Crippen LogP) is 1.99. The van der Waals surface area contributed by atoms with Gasteiger partial charge in [-0.05, 0) is 30.7 Å². The quantitative estimate of drug-likeness (QED) is 0.849. The van der Waals surface area contributed by atoms with E-state index in [1.54, 1.807) is 23.4 Å². The molecular weight excluding hydrogens is 304 g/mol. The van der Waals surface area contributed by atoms with Crippen LogP contribution in [0.3, 0.4) is 0 Å². The van der Waals surface area contributed by atoms with Crippen molar-refractivity contribution in [2.24, 2.45) is 7.05 Å². The van der Waals surface area contributed by atoms with Crippen molar-refractivity contribution in [3.63, 3.8) is 0 Å². The molecule has 1 fully saturated rings. The van der Waals surface area contributed by atoms with E-state index in [0.717, 1.165) is 11.4 Å². The molecule has 0 unspecified atom stereocenters. The first-order chi connectivity index (χ1) is 10.6. The van der Waals surface area contributed by atoms with Gasteiger partial charge in [-0.15, -0.1) is 10.2 Å². The third-order valence-corrected chi connectivity index (χ3v) is 4.22. The number of aromatic nitrogens is 3. The van der Waals surface area contributed by atoms with Crippen LogP contribution in [0.2, 0.25) is 5.02 Å². The number of nitrogens with zero attached hydrogens (tertiary/aromatic N) is 4. The van der Waals surface area contributed by atoms with Crippen LogP contribution in [0.1, 0.15) is 27.8 Å². The maximum atomic E-state index is 12.6. The van der Waals surface area contributed by atoms with E-state index in [9.17, 15) is 4.79 Å². The second-order valence-electron chi connectivity index (χ2n) is 5.37. The van der Waals surface area contributed by atoms with Gasteiger partial charge in [0.25, 0.3) is 5.91 Å². The molecule has 3 rings (SSSR count). The highest BCUT2D eigenvalue weighted by atomic mass is 35.5. The molecule has 2 heterocycles. The Balaban J connectivity index is 1.78. The fourth-order valence-electron chi connectivity index (χ4n) is 2.53. The Morgan fingerprint density at radius 2 is 2.27 bits per heavy atom. The molecule has 0 radical (unpaired) electrons. The largest absolute Gasteiger partial charge is 0.366 e. The number of carbonyl (C=O) groups excluding carboxylic acids is 1. The van der Waals surface area contributed by atoms with Gasteiger partial charge in [0, 0.05) is 24.2 Å². The molecule has 0 saturated carbocycles. The summed E-state index contributed by atoms with van der Waals surface area (Å²) in [4.78, 5) is 14.4. The summed E-state index contributed by atoms with van der Waals surface area (Å²) in [7, 11) is 1.86. The molecule has 1 aliphatic rings. The maximum absolute atomic E-state index is 12.6. The van der Waals surface area contributed by atoms with Gasteiger partial charge in [-0.1, -0.05) is 11.6 Å². The third kappa shape index (κ3) is 2.84. The minimum Gasteiger partial charge on any atom is -0.366 e. The summed E-state index contributed by atoms with van der Waals surface area (Å²) < 4.78 is 7.53. The summed E-state index contributed by atoms with van der Waals surface area (Å²) in [5.74, 6) is 0.708. The van der Waals surface area contributed by atoms with Crippen LogP contribution in [0.5, 0.6) is 0 Å². The lowest BCUT2D eigenvalue weighted by atomic mass is 10.1. The molecular formula is C15H17ClN4O2. The van der Waals surface area contributed by atoms with E-state index in [4.69, 9.17) is 16.3 Å². The van der Waals surface area contributed by atoms with Crippen LogP contribution in [-0.4, -0.2) is 45.3 Å². The SMILES string of the molecule is Cc1cc(C(=O)N2CCO[C@H](c3nncn3C)C2)ccc1Cl. The molecule has 116 valence electrons. The van der Waals surface area contributed by atoms with Gasteiger partial charge in [0.1, 0.15) is 12.4 Å². The van der Waals surface area contributed by atoms with E-state index in [1.807, 2.05) is 24.6 Å². The fourth-order valence-corrected chi connectivity index (χ4v) is 2.65. The summed E-state index contributed by atoms with van der Waals surface area (Å²) in [6.07, 6.45) is 1.38.